The third kappa shape index (κ3) is 3.94. The molecule has 1 aromatic carbocycles. The van der Waals surface area contributed by atoms with Crippen LogP contribution in [0.3, 0.4) is 0 Å². The van der Waals surface area contributed by atoms with E-state index >= 15 is 4.39 Å². The Bertz CT molecular complexity index is 895. The highest BCUT2D eigenvalue weighted by Crippen LogP contribution is 2.34. The molecule has 0 bridgehead atoms. The highest BCUT2D eigenvalue weighted by atomic mass is 19.4. The maximum absolute atomic E-state index is 15.2. The summed E-state index contributed by atoms with van der Waals surface area (Å²) in [5, 5.41) is 0. The lowest BCUT2D eigenvalue weighted by molar-refractivity contribution is -0.221. The number of carbonyl (C=O) groups is 1. The van der Waals surface area contributed by atoms with Crippen LogP contribution in [0.25, 0.3) is 11.1 Å². The van der Waals surface area contributed by atoms with E-state index in [0.29, 0.717) is 17.0 Å². The van der Waals surface area contributed by atoms with Crippen LogP contribution in [0, 0.1) is 19.7 Å². The average Bonchev–Trinajstić information content (AvgIpc) is 2.59. The number of nitrogens with two attached hydrogens (primary N) is 1. The van der Waals surface area contributed by atoms with Gasteiger partial charge in [-0.05, 0) is 43.2 Å². The fourth-order valence-corrected chi connectivity index (χ4v) is 3.35. The molecular formula is C19H19F4N3O2. The summed E-state index contributed by atoms with van der Waals surface area (Å²) < 4.78 is 58.9. The smallest absolute Gasteiger partial charge is 0.365 e. The number of halogens is 4. The molecule has 0 unspecified atom stereocenters. The highest BCUT2D eigenvalue weighted by Gasteiger charge is 2.44. The van der Waals surface area contributed by atoms with E-state index in [0.717, 1.165) is 0 Å². The zero-order valence-electron chi connectivity index (χ0n) is 15.3. The molecule has 2 aromatic rings. The van der Waals surface area contributed by atoms with Crippen LogP contribution < -0.4 is 10.6 Å². The van der Waals surface area contributed by atoms with Gasteiger partial charge in [0.2, 0.25) is 0 Å². The Morgan fingerprint density at radius 2 is 1.89 bits per heavy atom. The maximum Gasteiger partial charge on any atom is 0.416 e. The number of hydrogen-bond acceptors (Lipinski definition) is 4. The molecule has 2 heterocycles. The Kier molecular flexibility index (Phi) is 5.29. The van der Waals surface area contributed by atoms with E-state index in [1.165, 1.54) is 17.0 Å². The number of primary amides is 1. The Morgan fingerprint density at radius 3 is 2.46 bits per heavy atom. The molecule has 1 aliphatic heterocycles. The molecule has 0 radical (unpaired) electrons. The molecule has 5 nitrogen and oxygen atoms in total. The normalized spacial score (nSPS) is 17.6. The summed E-state index contributed by atoms with van der Waals surface area (Å²) in [6.07, 6.45) is -6.59. The van der Waals surface area contributed by atoms with Gasteiger partial charge in [0.1, 0.15) is 0 Å². The van der Waals surface area contributed by atoms with E-state index in [-0.39, 0.29) is 30.0 Å². The van der Waals surface area contributed by atoms with Crippen LogP contribution in [0.2, 0.25) is 0 Å². The van der Waals surface area contributed by atoms with Gasteiger partial charge in [-0.15, -0.1) is 0 Å². The summed E-state index contributed by atoms with van der Waals surface area (Å²) in [4.78, 5) is 17.4. The van der Waals surface area contributed by atoms with Crippen LogP contribution in [0.4, 0.5) is 23.2 Å². The van der Waals surface area contributed by atoms with Crippen molar-refractivity contribution in [2.75, 3.05) is 24.6 Å². The Balaban J connectivity index is 2.06. The first kappa shape index (κ1) is 20.1. The summed E-state index contributed by atoms with van der Waals surface area (Å²) in [6, 6.07) is 6.22. The minimum atomic E-state index is -4.56. The number of amides is 1. The molecule has 2 N–H and O–H groups in total. The number of hydrogen-bond donors (Lipinski definition) is 1. The molecule has 1 fully saturated rings. The number of morpholine rings is 1. The number of ether oxygens (including phenoxy) is 1. The lowest BCUT2D eigenvalue weighted by Crippen LogP contribution is -2.49. The van der Waals surface area contributed by atoms with Crippen molar-refractivity contribution < 1.29 is 27.1 Å². The van der Waals surface area contributed by atoms with Crippen molar-refractivity contribution in [1.82, 2.24) is 4.98 Å². The number of benzene rings is 1. The van der Waals surface area contributed by atoms with E-state index in [1.807, 2.05) is 0 Å². The molecule has 0 saturated carbocycles. The summed E-state index contributed by atoms with van der Waals surface area (Å²) in [7, 11) is 0. The van der Waals surface area contributed by atoms with Gasteiger partial charge in [0.15, 0.2) is 11.9 Å². The van der Waals surface area contributed by atoms with Gasteiger partial charge < -0.3 is 15.4 Å². The van der Waals surface area contributed by atoms with Crippen molar-refractivity contribution >= 4 is 11.6 Å². The summed E-state index contributed by atoms with van der Waals surface area (Å²) >= 11 is 0. The molecule has 28 heavy (non-hydrogen) atoms. The minimum absolute atomic E-state index is 0.0640. The van der Waals surface area contributed by atoms with Gasteiger partial charge in [0.05, 0.1) is 24.4 Å². The minimum Gasteiger partial charge on any atom is -0.365 e. The van der Waals surface area contributed by atoms with Gasteiger partial charge in [0.25, 0.3) is 5.91 Å². The molecule has 1 saturated heterocycles. The quantitative estimate of drug-likeness (QED) is 0.807. The summed E-state index contributed by atoms with van der Waals surface area (Å²) in [5.74, 6) is -1.94. The average molecular weight is 397 g/mol. The number of rotatable bonds is 3. The predicted octanol–water partition coefficient (Wildman–Crippen LogP) is 3.37. The highest BCUT2D eigenvalue weighted by molar-refractivity contribution is 6.01. The second kappa shape index (κ2) is 7.38. The molecule has 0 spiro atoms. The number of aromatic nitrogens is 1. The molecular weight excluding hydrogens is 378 g/mol. The van der Waals surface area contributed by atoms with Crippen molar-refractivity contribution in [2.24, 2.45) is 5.73 Å². The van der Waals surface area contributed by atoms with E-state index in [9.17, 15) is 18.0 Å². The zero-order chi connectivity index (χ0) is 20.6. The van der Waals surface area contributed by atoms with Crippen LogP contribution >= 0.6 is 0 Å². The number of pyridine rings is 1. The van der Waals surface area contributed by atoms with Crippen molar-refractivity contribution in [2.45, 2.75) is 26.1 Å². The second-order valence-electron chi connectivity index (χ2n) is 6.67. The topological polar surface area (TPSA) is 68.5 Å². The third-order valence-corrected chi connectivity index (χ3v) is 4.53. The van der Waals surface area contributed by atoms with Crippen molar-refractivity contribution in [3.05, 3.63) is 47.0 Å². The third-order valence-electron chi connectivity index (χ3n) is 4.53. The standard InChI is InChI=1S/C19H19F4N3O2/c1-10-7-12(8-11(2)25-10)13-3-4-14(17(20)16(13)18(24)27)26-5-6-28-15(9-26)19(21,22)23/h3-4,7-8,15H,5-6,9H2,1-2H3,(H2,24,27)/t15-/m0/s1. The predicted molar refractivity (Wildman–Crippen MR) is 95.6 cm³/mol. The first-order valence-electron chi connectivity index (χ1n) is 8.59. The summed E-state index contributed by atoms with van der Waals surface area (Å²) in [5.41, 5.74) is 7.10. The van der Waals surface area contributed by atoms with Crippen LogP contribution in [0.15, 0.2) is 24.3 Å². The van der Waals surface area contributed by atoms with Crippen molar-refractivity contribution in [3.63, 3.8) is 0 Å². The van der Waals surface area contributed by atoms with E-state index in [1.54, 1.807) is 26.0 Å². The van der Waals surface area contributed by atoms with Crippen LogP contribution in [-0.4, -0.2) is 42.9 Å². The van der Waals surface area contributed by atoms with Crippen LogP contribution in [-0.2, 0) is 4.74 Å². The van der Waals surface area contributed by atoms with Crippen molar-refractivity contribution in [3.8, 4) is 11.1 Å². The molecule has 1 aliphatic rings. The molecule has 9 heteroatoms. The largest absolute Gasteiger partial charge is 0.416 e. The molecule has 1 aromatic heterocycles. The monoisotopic (exact) mass is 397 g/mol. The second-order valence-corrected chi connectivity index (χ2v) is 6.67. The van der Waals surface area contributed by atoms with Gasteiger partial charge >= 0.3 is 6.18 Å². The van der Waals surface area contributed by atoms with Crippen molar-refractivity contribution in [1.29, 1.82) is 0 Å². The van der Waals surface area contributed by atoms with Gasteiger partial charge in [-0.1, -0.05) is 6.07 Å². The number of anilines is 1. The molecule has 0 aliphatic carbocycles. The van der Waals surface area contributed by atoms with Crippen LogP contribution in [0.1, 0.15) is 21.7 Å². The van der Waals surface area contributed by atoms with Gasteiger partial charge in [-0.3, -0.25) is 9.78 Å². The Labute approximate surface area is 159 Å². The van der Waals surface area contributed by atoms with E-state index < -0.39 is 30.5 Å². The van der Waals surface area contributed by atoms with Crippen LogP contribution in [0.5, 0.6) is 0 Å². The number of nitrogens with zero attached hydrogens (tertiary/aromatic N) is 2. The maximum atomic E-state index is 15.2. The lowest BCUT2D eigenvalue weighted by atomic mass is 9.97. The fourth-order valence-electron chi connectivity index (χ4n) is 3.35. The molecule has 1 atom stereocenters. The van der Waals surface area contributed by atoms with E-state index in [2.05, 4.69) is 4.98 Å². The van der Waals surface area contributed by atoms with Gasteiger partial charge in [-0.25, -0.2) is 4.39 Å². The zero-order valence-corrected chi connectivity index (χ0v) is 15.3. The number of carbonyl (C=O) groups excluding carboxylic acids is 1. The first-order valence-corrected chi connectivity index (χ1v) is 8.59. The van der Waals surface area contributed by atoms with E-state index in [4.69, 9.17) is 10.5 Å². The first-order chi connectivity index (χ1) is 13.1. The molecule has 1 amide bonds. The number of aryl methyl sites for hydroxylation is 2. The van der Waals surface area contributed by atoms with Gasteiger partial charge in [0, 0.05) is 17.9 Å². The Hall–Kier alpha value is -2.68. The number of alkyl halides is 3. The Morgan fingerprint density at radius 1 is 1.25 bits per heavy atom. The SMILES string of the molecule is Cc1cc(-c2ccc(N3CCO[C@H](C(F)(F)F)C3)c(F)c2C(N)=O)cc(C)n1. The fraction of sp³-hybridized carbons (Fsp3) is 0.368. The summed E-state index contributed by atoms with van der Waals surface area (Å²) in [6.45, 7) is 2.81. The lowest BCUT2D eigenvalue weighted by Gasteiger charge is -2.35. The van der Waals surface area contributed by atoms with Gasteiger partial charge in [-0.2, -0.15) is 13.2 Å². The molecule has 150 valence electrons. The molecule has 3 rings (SSSR count).